The number of nitrogens with two attached hydrogens (primary N) is 1. The molecule has 1 heterocycles. The Morgan fingerprint density at radius 1 is 1.32 bits per heavy atom. The van der Waals surface area contributed by atoms with Crippen molar-refractivity contribution >= 4 is 17.5 Å². The lowest BCUT2D eigenvalue weighted by atomic mass is 10.0. The summed E-state index contributed by atoms with van der Waals surface area (Å²) in [4.78, 5) is 26.4. The van der Waals surface area contributed by atoms with Gasteiger partial charge in [-0.05, 0) is 36.8 Å². The van der Waals surface area contributed by atoms with Crippen molar-refractivity contribution in [1.29, 1.82) is 0 Å². The van der Waals surface area contributed by atoms with Gasteiger partial charge in [0, 0.05) is 24.4 Å². The lowest BCUT2D eigenvalue weighted by Crippen LogP contribution is -2.45. The van der Waals surface area contributed by atoms with Crippen LogP contribution in [0.2, 0.25) is 0 Å². The van der Waals surface area contributed by atoms with Gasteiger partial charge in [0.15, 0.2) is 0 Å². The van der Waals surface area contributed by atoms with E-state index >= 15 is 0 Å². The zero-order chi connectivity index (χ0) is 18.4. The van der Waals surface area contributed by atoms with E-state index in [4.69, 9.17) is 5.73 Å². The summed E-state index contributed by atoms with van der Waals surface area (Å²) in [6.07, 6.45) is 5.61. The molecule has 0 fully saturated rings. The first kappa shape index (κ1) is 19.2. The molecule has 0 saturated carbocycles. The topological polar surface area (TPSA) is 75.4 Å². The third kappa shape index (κ3) is 5.16. The van der Waals surface area contributed by atoms with E-state index in [1.165, 1.54) is 5.56 Å². The van der Waals surface area contributed by atoms with E-state index in [9.17, 15) is 9.59 Å². The molecule has 0 radical (unpaired) electrons. The summed E-state index contributed by atoms with van der Waals surface area (Å²) in [5, 5.41) is 2.94. The number of nitrogens with one attached hydrogen (secondary N) is 1. The van der Waals surface area contributed by atoms with Crippen LogP contribution >= 0.6 is 0 Å². The Hall–Kier alpha value is -2.14. The highest BCUT2D eigenvalue weighted by Crippen LogP contribution is 2.27. The SMILES string of the molecule is CC[C@H](N)C(=O)N[C@H](/C=C/C(=O)N1CCc2ccccc21)CC(C)C. The number of rotatable bonds is 7. The Kier molecular flexibility index (Phi) is 6.76. The molecule has 0 spiro atoms. The molecule has 3 N–H and O–H groups in total. The van der Waals surface area contributed by atoms with Crippen LogP contribution in [-0.4, -0.2) is 30.4 Å². The highest BCUT2D eigenvalue weighted by molar-refractivity contribution is 6.03. The molecular formula is C20H29N3O2. The zero-order valence-corrected chi connectivity index (χ0v) is 15.4. The number of hydrogen-bond donors (Lipinski definition) is 2. The van der Waals surface area contributed by atoms with Crippen molar-refractivity contribution in [1.82, 2.24) is 5.32 Å². The molecule has 1 aromatic carbocycles. The van der Waals surface area contributed by atoms with Crippen molar-refractivity contribution in [2.45, 2.75) is 52.1 Å². The van der Waals surface area contributed by atoms with Crippen LogP contribution in [0.1, 0.15) is 39.2 Å². The van der Waals surface area contributed by atoms with Gasteiger partial charge >= 0.3 is 0 Å². The van der Waals surface area contributed by atoms with Crippen LogP contribution in [0.15, 0.2) is 36.4 Å². The monoisotopic (exact) mass is 343 g/mol. The van der Waals surface area contributed by atoms with Crippen LogP contribution < -0.4 is 16.0 Å². The average molecular weight is 343 g/mol. The number of carbonyl (C=O) groups is 2. The first-order chi connectivity index (χ1) is 11.9. The summed E-state index contributed by atoms with van der Waals surface area (Å²) in [5.41, 5.74) is 7.97. The Balaban J connectivity index is 2.04. The number of anilines is 1. The van der Waals surface area contributed by atoms with Gasteiger partial charge in [-0.3, -0.25) is 9.59 Å². The van der Waals surface area contributed by atoms with Gasteiger partial charge in [-0.1, -0.05) is 45.0 Å². The molecule has 136 valence electrons. The van der Waals surface area contributed by atoms with Crippen molar-refractivity contribution in [3.8, 4) is 0 Å². The Bertz CT molecular complexity index is 640. The normalized spacial score (nSPS) is 16.1. The fourth-order valence-corrected chi connectivity index (χ4v) is 3.02. The molecule has 1 aliphatic rings. The van der Waals surface area contributed by atoms with Gasteiger partial charge in [0.1, 0.15) is 0 Å². The van der Waals surface area contributed by atoms with Gasteiger partial charge in [-0.2, -0.15) is 0 Å². The van der Waals surface area contributed by atoms with Crippen LogP contribution in [0, 0.1) is 5.92 Å². The molecule has 25 heavy (non-hydrogen) atoms. The molecule has 2 rings (SSSR count). The largest absolute Gasteiger partial charge is 0.349 e. The molecule has 5 nitrogen and oxygen atoms in total. The summed E-state index contributed by atoms with van der Waals surface area (Å²) in [6, 6.07) is 7.27. The highest BCUT2D eigenvalue weighted by Gasteiger charge is 2.23. The molecule has 5 heteroatoms. The fourth-order valence-electron chi connectivity index (χ4n) is 3.02. The Morgan fingerprint density at radius 2 is 2.04 bits per heavy atom. The maximum Gasteiger partial charge on any atom is 0.250 e. The lowest BCUT2D eigenvalue weighted by molar-refractivity contribution is -0.123. The maximum atomic E-state index is 12.6. The van der Waals surface area contributed by atoms with Crippen molar-refractivity contribution in [3.05, 3.63) is 42.0 Å². The number of para-hydroxylation sites is 1. The van der Waals surface area contributed by atoms with Crippen LogP contribution in [0.4, 0.5) is 5.69 Å². The second-order valence-corrected chi connectivity index (χ2v) is 6.99. The average Bonchev–Trinajstić information content (AvgIpc) is 3.02. The van der Waals surface area contributed by atoms with Gasteiger partial charge in [-0.25, -0.2) is 0 Å². The van der Waals surface area contributed by atoms with Gasteiger partial charge in [0.05, 0.1) is 6.04 Å². The van der Waals surface area contributed by atoms with E-state index in [2.05, 4.69) is 25.2 Å². The molecule has 0 unspecified atom stereocenters. The molecule has 0 saturated heterocycles. The first-order valence-electron chi connectivity index (χ1n) is 9.06. The van der Waals surface area contributed by atoms with E-state index in [1.807, 2.05) is 25.1 Å². The molecule has 2 atom stereocenters. The number of amides is 2. The quantitative estimate of drug-likeness (QED) is 0.747. The summed E-state index contributed by atoms with van der Waals surface area (Å²) >= 11 is 0. The Labute approximate surface area is 150 Å². The van der Waals surface area contributed by atoms with Crippen LogP contribution in [0.3, 0.4) is 0 Å². The molecule has 0 aromatic heterocycles. The lowest BCUT2D eigenvalue weighted by Gasteiger charge is -2.20. The number of fused-ring (bicyclic) bond motifs is 1. The maximum absolute atomic E-state index is 12.6. The molecule has 1 aliphatic heterocycles. The number of benzene rings is 1. The molecule has 0 aliphatic carbocycles. The van der Waals surface area contributed by atoms with Gasteiger partial charge in [-0.15, -0.1) is 0 Å². The van der Waals surface area contributed by atoms with Crippen LogP contribution in [0.5, 0.6) is 0 Å². The van der Waals surface area contributed by atoms with E-state index in [0.717, 1.165) is 18.5 Å². The minimum absolute atomic E-state index is 0.0484. The minimum Gasteiger partial charge on any atom is -0.349 e. The fraction of sp³-hybridized carbons (Fsp3) is 0.500. The molecule has 2 amide bonds. The zero-order valence-electron chi connectivity index (χ0n) is 15.4. The van der Waals surface area contributed by atoms with Gasteiger partial charge in [0.25, 0.3) is 5.91 Å². The van der Waals surface area contributed by atoms with Gasteiger partial charge < -0.3 is 16.0 Å². The van der Waals surface area contributed by atoms with Crippen molar-refractivity contribution < 1.29 is 9.59 Å². The predicted molar refractivity (Wildman–Crippen MR) is 101 cm³/mol. The first-order valence-corrected chi connectivity index (χ1v) is 9.06. The standard InChI is InChI=1S/C20H29N3O2/c1-4-17(21)20(25)22-16(13-14(2)3)9-10-19(24)23-12-11-15-7-5-6-8-18(15)23/h5-10,14,16-17H,4,11-13,21H2,1-3H3,(H,22,25)/b10-9+/t16-,17+/m1/s1. The second kappa shape index (κ2) is 8.81. The smallest absolute Gasteiger partial charge is 0.250 e. The van der Waals surface area contributed by atoms with Crippen molar-refractivity contribution in [2.24, 2.45) is 11.7 Å². The highest BCUT2D eigenvalue weighted by atomic mass is 16.2. The van der Waals surface area contributed by atoms with E-state index in [-0.39, 0.29) is 17.9 Å². The summed E-state index contributed by atoms with van der Waals surface area (Å²) in [5.74, 6) is 0.180. The summed E-state index contributed by atoms with van der Waals surface area (Å²) in [6.45, 7) is 6.76. The van der Waals surface area contributed by atoms with Gasteiger partial charge in [0.2, 0.25) is 5.91 Å². The number of hydrogen-bond acceptors (Lipinski definition) is 3. The molecular weight excluding hydrogens is 314 g/mol. The van der Waals surface area contributed by atoms with Crippen molar-refractivity contribution in [2.75, 3.05) is 11.4 Å². The molecule has 1 aromatic rings. The second-order valence-electron chi connectivity index (χ2n) is 6.99. The number of nitrogens with zero attached hydrogens (tertiary/aromatic N) is 1. The van der Waals surface area contributed by atoms with Crippen LogP contribution in [-0.2, 0) is 16.0 Å². The third-order valence-electron chi connectivity index (χ3n) is 4.45. The third-order valence-corrected chi connectivity index (χ3v) is 4.45. The minimum atomic E-state index is -0.510. The van der Waals surface area contributed by atoms with Crippen LogP contribution in [0.25, 0.3) is 0 Å². The number of carbonyl (C=O) groups excluding carboxylic acids is 2. The van der Waals surface area contributed by atoms with Crippen molar-refractivity contribution in [3.63, 3.8) is 0 Å². The van der Waals surface area contributed by atoms with E-state index in [1.54, 1.807) is 17.1 Å². The summed E-state index contributed by atoms with van der Waals surface area (Å²) in [7, 11) is 0. The van der Waals surface area contributed by atoms with E-state index < -0.39 is 6.04 Å². The summed E-state index contributed by atoms with van der Waals surface area (Å²) < 4.78 is 0. The van der Waals surface area contributed by atoms with E-state index in [0.29, 0.717) is 18.9 Å². The molecule has 0 bridgehead atoms. The Morgan fingerprint density at radius 3 is 2.72 bits per heavy atom. The predicted octanol–water partition coefficient (Wildman–Crippen LogP) is 2.40.